The van der Waals surface area contributed by atoms with Crippen molar-refractivity contribution in [3.05, 3.63) is 47.5 Å². The predicted molar refractivity (Wildman–Crippen MR) is 109 cm³/mol. The fraction of sp³-hybridized carbons (Fsp3) is 0.364. The van der Waals surface area contributed by atoms with E-state index in [1.54, 1.807) is 26.4 Å². The van der Waals surface area contributed by atoms with Crippen LogP contribution in [0.3, 0.4) is 0 Å². The molecule has 28 heavy (non-hydrogen) atoms. The number of carbonyl (C=O) groups excluding carboxylic acids is 2. The zero-order valence-electron chi connectivity index (χ0n) is 16.6. The summed E-state index contributed by atoms with van der Waals surface area (Å²) >= 11 is 0. The number of ether oxygens (including phenoxy) is 2. The molecular formula is C22H26N2O4. The van der Waals surface area contributed by atoms with Crippen LogP contribution in [0.5, 0.6) is 11.5 Å². The van der Waals surface area contributed by atoms with Gasteiger partial charge >= 0.3 is 0 Å². The number of aryl methyl sites for hydroxylation is 1. The maximum Gasteiger partial charge on any atom is 0.228 e. The molecule has 0 radical (unpaired) electrons. The molecule has 2 aromatic rings. The molecule has 0 aromatic heterocycles. The maximum absolute atomic E-state index is 12.5. The first kappa shape index (κ1) is 19.7. The van der Waals surface area contributed by atoms with Crippen molar-refractivity contribution < 1.29 is 19.1 Å². The minimum absolute atomic E-state index is 0.132. The average molecular weight is 382 g/mol. The number of amides is 2. The number of hydrogen-bond acceptors (Lipinski definition) is 4. The SMILES string of the molecule is COc1ccc(CC(=O)Nc2ccc(C)c(N3CCCCC3=O)c2)cc1OC. The summed E-state index contributed by atoms with van der Waals surface area (Å²) in [6.45, 7) is 2.70. The number of hydrogen-bond donors (Lipinski definition) is 1. The zero-order chi connectivity index (χ0) is 20.1. The van der Waals surface area contributed by atoms with E-state index >= 15 is 0 Å². The first-order valence-corrected chi connectivity index (χ1v) is 9.43. The van der Waals surface area contributed by atoms with Crippen molar-refractivity contribution in [3.8, 4) is 11.5 Å². The standard InChI is InChI=1S/C22H26N2O4/c1-15-7-9-17(14-18(15)24-11-5-4-6-22(24)26)23-21(25)13-16-8-10-19(27-2)20(12-16)28-3/h7-10,12,14H,4-6,11,13H2,1-3H3,(H,23,25). The van der Waals surface area contributed by atoms with Gasteiger partial charge < -0.3 is 19.7 Å². The molecule has 0 atom stereocenters. The first-order valence-electron chi connectivity index (χ1n) is 9.43. The summed E-state index contributed by atoms with van der Waals surface area (Å²) in [5.74, 6) is 1.23. The van der Waals surface area contributed by atoms with E-state index in [1.165, 1.54) is 0 Å². The second-order valence-electron chi connectivity index (χ2n) is 6.92. The van der Waals surface area contributed by atoms with E-state index in [0.29, 0.717) is 23.6 Å². The van der Waals surface area contributed by atoms with Gasteiger partial charge in [-0.05, 0) is 55.2 Å². The lowest BCUT2D eigenvalue weighted by molar-refractivity contribution is -0.119. The largest absolute Gasteiger partial charge is 0.493 e. The molecule has 0 aliphatic carbocycles. The van der Waals surface area contributed by atoms with Gasteiger partial charge in [0.15, 0.2) is 11.5 Å². The molecule has 1 aliphatic heterocycles. The van der Waals surface area contributed by atoms with Gasteiger partial charge in [0.1, 0.15) is 0 Å². The van der Waals surface area contributed by atoms with Crippen LogP contribution in [-0.4, -0.2) is 32.6 Å². The van der Waals surface area contributed by atoms with E-state index in [4.69, 9.17) is 9.47 Å². The highest BCUT2D eigenvalue weighted by atomic mass is 16.5. The van der Waals surface area contributed by atoms with Gasteiger partial charge in [0, 0.05) is 24.3 Å². The molecule has 2 amide bonds. The van der Waals surface area contributed by atoms with Crippen molar-refractivity contribution in [2.45, 2.75) is 32.6 Å². The van der Waals surface area contributed by atoms with E-state index in [2.05, 4.69) is 5.32 Å². The molecule has 1 heterocycles. The lowest BCUT2D eigenvalue weighted by Crippen LogP contribution is -2.35. The van der Waals surface area contributed by atoms with Gasteiger partial charge in [-0.25, -0.2) is 0 Å². The third-order valence-corrected chi connectivity index (χ3v) is 4.92. The summed E-state index contributed by atoms with van der Waals surface area (Å²) in [4.78, 5) is 26.6. The molecule has 1 N–H and O–H groups in total. The molecule has 1 aliphatic rings. The summed E-state index contributed by atoms with van der Waals surface area (Å²) in [5, 5.41) is 2.93. The minimum Gasteiger partial charge on any atom is -0.493 e. The molecule has 148 valence electrons. The molecule has 0 saturated carbocycles. The van der Waals surface area contributed by atoms with Crippen LogP contribution in [0.4, 0.5) is 11.4 Å². The highest BCUT2D eigenvalue weighted by Crippen LogP contribution is 2.29. The highest BCUT2D eigenvalue weighted by molar-refractivity contribution is 5.97. The van der Waals surface area contributed by atoms with Crippen molar-refractivity contribution >= 4 is 23.2 Å². The number of carbonyl (C=O) groups is 2. The number of piperidine rings is 1. The van der Waals surface area contributed by atoms with Gasteiger partial charge in [-0.3, -0.25) is 9.59 Å². The van der Waals surface area contributed by atoms with Crippen molar-refractivity contribution in [2.24, 2.45) is 0 Å². The lowest BCUT2D eigenvalue weighted by atomic mass is 10.1. The Hall–Kier alpha value is -3.02. The molecule has 0 spiro atoms. The van der Waals surface area contributed by atoms with Crippen LogP contribution in [0.2, 0.25) is 0 Å². The number of nitrogens with zero attached hydrogens (tertiary/aromatic N) is 1. The Labute approximate surface area is 165 Å². The third kappa shape index (κ3) is 4.44. The Kier molecular flexibility index (Phi) is 6.19. The van der Waals surface area contributed by atoms with E-state index in [1.807, 2.05) is 36.1 Å². The van der Waals surface area contributed by atoms with E-state index < -0.39 is 0 Å². The van der Waals surface area contributed by atoms with Gasteiger partial charge in [0.05, 0.1) is 20.6 Å². The van der Waals surface area contributed by atoms with Gasteiger partial charge in [-0.1, -0.05) is 12.1 Å². The topological polar surface area (TPSA) is 67.9 Å². The Morgan fingerprint density at radius 2 is 1.86 bits per heavy atom. The molecule has 1 fully saturated rings. The molecule has 6 heteroatoms. The molecule has 2 aromatic carbocycles. The Morgan fingerprint density at radius 3 is 2.57 bits per heavy atom. The number of rotatable bonds is 6. The van der Waals surface area contributed by atoms with Crippen molar-refractivity contribution in [3.63, 3.8) is 0 Å². The van der Waals surface area contributed by atoms with Crippen LogP contribution in [0, 0.1) is 6.92 Å². The zero-order valence-corrected chi connectivity index (χ0v) is 16.6. The Bertz CT molecular complexity index is 879. The fourth-order valence-electron chi connectivity index (χ4n) is 3.42. The van der Waals surface area contributed by atoms with Gasteiger partial charge in [-0.2, -0.15) is 0 Å². The number of nitrogens with one attached hydrogen (secondary N) is 1. The van der Waals surface area contributed by atoms with Crippen molar-refractivity contribution in [2.75, 3.05) is 31.0 Å². The highest BCUT2D eigenvalue weighted by Gasteiger charge is 2.21. The van der Waals surface area contributed by atoms with Gasteiger partial charge in [0.2, 0.25) is 11.8 Å². The Balaban J connectivity index is 1.72. The molecule has 3 rings (SSSR count). The fourth-order valence-corrected chi connectivity index (χ4v) is 3.42. The Morgan fingerprint density at radius 1 is 1.07 bits per heavy atom. The van der Waals surface area contributed by atoms with Crippen LogP contribution in [0.15, 0.2) is 36.4 Å². The van der Waals surface area contributed by atoms with Crippen molar-refractivity contribution in [1.29, 1.82) is 0 Å². The summed E-state index contributed by atoms with van der Waals surface area (Å²) in [6, 6.07) is 11.1. The second-order valence-corrected chi connectivity index (χ2v) is 6.92. The average Bonchev–Trinajstić information content (AvgIpc) is 2.70. The summed E-state index contributed by atoms with van der Waals surface area (Å²) in [5.41, 5.74) is 3.40. The maximum atomic E-state index is 12.5. The second kappa shape index (κ2) is 8.78. The van der Waals surface area contributed by atoms with Crippen LogP contribution < -0.4 is 19.7 Å². The molecule has 1 saturated heterocycles. The number of anilines is 2. The minimum atomic E-state index is -0.132. The van der Waals surface area contributed by atoms with Gasteiger partial charge in [-0.15, -0.1) is 0 Å². The smallest absolute Gasteiger partial charge is 0.228 e. The van der Waals surface area contributed by atoms with Crippen LogP contribution in [0.1, 0.15) is 30.4 Å². The van der Waals surface area contributed by atoms with Crippen LogP contribution in [0.25, 0.3) is 0 Å². The summed E-state index contributed by atoms with van der Waals surface area (Å²) in [6.07, 6.45) is 2.73. The van der Waals surface area contributed by atoms with Gasteiger partial charge in [0.25, 0.3) is 0 Å². The summed E-state index contributed by atoms with van der Waals surface area (Å²) < 4.78 is 10.5. The normalized spacial score (nSPS) is 14.0. The van der Waals surface area contributed by atoms with Crippen molar-refractivity contribution in [1.82, 2.24) is 0 Å². The molecular weight excluding hydrogens is 356 g/mol. The van der Waals surface area contributed by atoms with E-state index in [0.717, 1.165) is 36.2 Å². The quantitative estimate of drug-likeness (QED) is 0.827. The predicted octanol–water partition coefficient (Wildman–Crippen LogP) is 3.71. The van der Waals surface area contributed by atoms with Crippen LogP contribution >= 0.6 is 0 Å². The van der Waals surface area contributed by atoms with E-state index in [-0.39, 0.29) is 18.2 Å². The van der Waals surface area contributed by atoms with Crippen LogP contribution in [-0.2, 0) is 16.0 Å². The molecule has 0 bridgehead atoms. The number of methoxy groups -OCH3 is 2. The molecule has 0 unspecified atom stereocenters. The molecule has 6 nitrogen and oxygen atoms in total. The lowest BCUT2D eigenvalue weighted by Gasteiger charge is -2.28. The monoisotopic (exact) mass is 382 g/mol. The summed E-state index contributed by atoms with van der Waals surface area (Å²) in [7, 11) is 3.14. The van der Waals surface area contributed by atoms with E-state index in [9.17, 15) is 9.59 Å². The first-order chi connectivity index (χ1) is 13.5. The number of benzene rings is 2. The third-order valence-electron chi connectivity index (χ3n) is 4.92.